The molecule has 0 unspecified atom stereocenters. The maximum absolute atomic E-state index is 6.38. The average Bonchev–Trinajstić information content (AvgIpc) is 2.89. The number of ether oxygens (including phenoxy) is 2. The van der Waals surface area contributed by atoms with Gasteiger partial charge in [-0.05, 0) is 40.6 Å². The maximum atomic E-state index is 6.38. The van der Waals surface area contributed by atoms with E-state index < -0.39 is 0 Å². The predicted molar refractivity (Wildman–Crippen MR) is 112 cm³/mol. The van der Waals surface area contributed by atoms with E-state index >= 15 is 0 Å². The highest BCUT2D eigenvalue weighted by Gasteiger charge is 2.14. The van der Waals surface area contributed by atoms with Gasteiger partial charge in [-0.25, -0.2) is 4.98 Å². The summed E-state index contributed by atoms with van der Waals surface area (Å²) in [7, 11) is 3.21. The molecule has 0 spiro atoms. The van der Waals surface area contributed by atoms with Crippen molar-refractivity contribution in [3.8, 4) is 11.5 Å². The Balaban J connectivity index is 0.00000225. The van der Waals surface area contributed by atoms with E-state index in [1.165, 1.54) is 0 Å². The highest BCUT2D eigenvalue weighted by Crippen LogP contribution is 2.33. The van der Waals surface area contributed by atoms with E-state index in [1.54, 1.807) is 14.2 Å². The van der Waals surface area contributed by atoms with Crippen LogP contribution in [0, 0.1) is 3.57 Å². The van der Waals surface area contributed by atoms with Gasteiger partial charge in [-0.1, -0.05) is 23.7 Å². The van der Waals surface area contributed by atoms with Crippen molar-refractivity contribution in [2.45, 2.75) is 13.0 Å². The number of methoxy groups -OCH3 is 2. The van der Waals surface area contributed by atoms with Crippen LogP contribution in [-0.4, -0.2) is 23.8 Å². The number of fused-ring (bicyclic) bond motifs is 1. The summed E-state index contributed by atoms with van der Waals surface area (Å²) in [6.45, 7) is 0.678. The number of nitrogens with zero attached hydrogens (tertiary/aromatic N) is 2. The molecule has 0 atom stereocenters. The Hall–Kier alpha value is -1.38. The van der Waals surface area contributed by atoms with Crippen molar-refractivity contribution in [3.63, 3.8) is 0 Å². The monoisotopic (exact) mass is 493 g/mol. The topological polar surface area (TPSA) is 62.3 Å². The van der Waals surface area contributed by atoms with Crippen LogP contribution in [0.3, 0.4) is 0 Å². The van der Waals surface area contributed by atoms with Gasteiger partial charge in [0, 0.05) is 22.2 Å². The lowest BCUT2D eigenvalue weighted by Gasteiger charge is -2.11. The number of halogens is 3. The summed E-state index contributed by atoms with van der Waals surface area (Å²) < 4.78 is 13.7. The molecule has 0 saturated carbocycles. The highest BCUT2D eigenvalue weighted by atomic mass is 127. The Morgan fingerprint density at radius 2 is 1.88 bits per heavy atom. The third-order valence-corrected chi connectivity index (χ3v) is 5.58. The van der Waals surface area contributed by atoms with E-state index in [-0.39, 0.29) is 12.4 Å². The van der Waals surface area contributed by atoms with E-state index in [2.05, 4.69) is 27.6 Å². The van der Waals surface area contributed by atoms with Gasteiger partial charge in [0.1, 0.15) is 0 Å². The van der Waals surface area contributed by atoms with Crippen LogP contribution in [-0.2, 0) is 13.0 Å². The summed E-state index contributed by atoms with van der Waals surface area (Å²) in [5, 5.41) is 0.792. The van der Waals surface area contributed by atoms with Gasteiger partial charge in [0.25, 0.3) is 0 Å². The quantitative estimate of drug-likeness (QED) is 0.529. The van der Waals surface area contributed by atoms with E-state index in [4.69, 9.17) is 26.8 Å². The van der Waals surface area contributed by atoms with Gasteiger partial charge in [-0.15, -0.1) is 12.4 Å². The molecule has 5 nitrogen and oxygen atoms in total. The summed E-state index contributed by atoms with van der Waals surface area (Å²) in [4.78, 5) is 4.42. The fourth-order valence-corrected chi connectivity index (χ4v) is 3.45. The number of nitrogens with two attached hydrogens (primary N) is 1. The van der Waals surface area contributed by atoms with Crippen molar-refractivity contribution in [1.29, 1.82) is 0 Å². The van der Waals surface area contributed by atoms with Crippen LogP contribution >= 0.6 is 46.6 Å². The van der Waals surface area contributed by atoms with Gasteiger partial charge in [0.15, 0.2) is 11.5 Å². The first-order valence-electron chi connectivity index (χ1n) is 7.35. The van der Waals surface area contributed by atoms with Crippen LogP contribution in [0.2, 0.25) is 5.02 Å². The van der Waals surface area contributed by atoms with E-state index in [1.807, 2.05) is 34.9 Å². The van der Waals surface area contributed by atoms with Crippen molar-refractivity contribution in [2.75, 3.05) is 20.0 Å². The molecule has 0 fully saturated rings. The standard InChI is InChI=1S/C17H17ClIN3O2.ClH/c1-23-14-8-12-13(9-15(14)24-2)22(17(20)21-12)7-6-10-4-3-5-11(19)16(10)18;/h3-5,8-9H,6-7H2,1-2H3,(H2,20,21);1H. The fraction of sp³-hybridized carbons (Fsp3) is 0.235. The maximum Gasteiger partial charge on any atom is 0.201 e. The molecule has 3 rings (SSSR count). The second-order valence-electron chi connectivity index (χ2n) is 5.28. The third-order valence-electron chi connectivity index (χ3n) is 3.92. The van der Waals surface area contributed by atoms with E-state index in [0.717, 1.165) is 31.6 Å². The zero-order valence-corrected chi connectivity index (χ0v) is 17.5. The molecule has 2 aromatic carbocycles. The predicted octanol–water partition coefficient (Wildman–Crippen LogP) is 4.56. The third kappa shape index (κ3) is 3.91. The molecule has 0 aliphatic heterocycles. The largest absolute Gasteiger partial charge is 0.493 e. The summed E-state index contributed by atoms with van der Waals surface area (Å²) in [5.41, 5.74) is 8.88. The normalized spacial score (nSPS) is 10.6. The molecule has 1 heterocycles. The van der Waals surface area contributed by atoms with Crippen molar-refractivity contribution >= 4 is 63.6 Å². The molecular weight excluding hydrogens is 476 g/mol. The van der Waals surface area contributed by atoms with Crippen LogP contribution in [0.25, 0.3) is 11.0 Å². The number of hydrogen-bond acceptors (Lipinski definition) is 4. The van der Waals surface area contributed by atoms with Crippen LogP contribution in [0.1, 0.15) is 5.56 Å². The minimum Gasteiger partial charge on any atom is -0.493 e. The minimum absolute atomic E-state index is 0. The Kier molecular flexibility index (Phi) is 6.65. The smallest absolute Gasteiger partial charge is 0.201 e. The molecule has 25 heavy (non-hydrogen) atoms. The molecule has 3 aromatic rings. The molecule has 2 N–H and O–H groups in total. The average molecular weight is 494 g/mol. The molecule has 0 bridgehead atoms. The number of rotatable bonds is 5. The first-order valence-corrected chi connectivity index (χ1v) is 8.81. The van der Waals surface area contributed by atoms with Crippen molar-refractivity contribution in [3.05, 3.63) is 44.5 Å². The van der Waals surface area contributed by atoms with Crippen LogP contribution in [0.5, 0.6) is 11.5 Å². The zero-order valence-electron chi connectivity index (χ0n) is 13.8. The Bertz CT molecular complexity index is 899. The fourth-order valence-electron chi connectivity index (χ4n) is 2.68. The van der Waals surface area contributed by atoms with Gasteiger partial charge < -0.3 is 19.8 Å². The summed E-state index contributed by atoms with van der Waals surface area (Å²) >= 11 is 8.61. The van der Waals surface area contributed by atoms with Crippen LogP contribution < -0.4 is 15.2 Å². The molecule has 1 aromatic heterocycles. The van der Waals surface area contributed by atoms with Gasteiger partial charge in [0.05, 0.1) is 30.3 Å². The Labute approximate surface area is 171 Å². The number of aromatic nitrogens is 2. The number of aryl methyl sites for hydroxylation is 2. The SMILES string of the molecule is COc1cc2nc(N)n(CCc3cccc(I)c3Cl)c2cc1OC.Cl. The Morgan fingerprint density at radius 3 is 2.56 bits per heavy atom. The lowest BCUT2D eigenvalue weighted by molar-refractivity contribution is 0.355. The summed E-state index contributed by atoms with van der Waals surface area (Å²) in [6, 6.07) is 9.76. The van der Waals surface area contributed by atoms with Crippen molar-refractivity contribution in [2.24, 2.45) is 0 Å². The number of anilines is 1. The molecule has 0 saturated heterocycles. The van der Waals surface area contributed by atoms with Crippen LogP contribution in [0.4, 0.5) is 5.95 Å². The van der Waals surface area contributed by atoms with Gasteiger partial charge in [0.2, 0.25) is 5.95 Å². The molecule has 0 aliphatic carbocycles. The van der Waals surface area contributed by atoms with Crippen LogP contribution in [0.15, 0.2) is 30.3 Å². The molecule has 0 amide bonds. The highest BCUT2D eigenvalue weighted by molar-refractivity contribution is 14.1. The Morgan fingerprint density at radius 1 is 1.20 bits per heavy atom. The number of nitrogen functional groups attached to an aromatic ring is 1. The zero-order chi connectivity index (χ0) is 17.3. The van der Waals surface area contributed by atoms with Gasteiger partial charge in [-0.2, -0.15) is 0 Å². The lowest BCUT2D eigenvalue weighted by atomic mass is 10.1. The molecule has 134 valence electrons. The lowest BCUT2D eigenvalue weighted by Crippen LogP contribution is -2.06. The first-order chi connectivity index (χ1) is 11.5. The number of benzene rings is 2. The van der Waals surface area contributed by atoms with Crippen molar-refractivity contribution < 1.29 is 9.47 Å². The minimum atomic E-state index is 0. The summed E-state index contributed by atoms with van der Waals surface area (Å²) in [6.07, 6.45) is 0.764. The van der Waals surface area contributed by atoms with E-state index in [9.17, 15) is 0 Å². The molecule has 0 aliphatic rings. The van der Waals surface area contributed by atoms with Gasteiger partial charge in [-0.3, -0.25) is 0 Å². The van der Waals surface area contributed by atoms with E-state index in [0.29, 0.717) is 24.0 Å². The van der Waals surface area contributed by atoms with Crippen molar-refractivity contribution in [1.82, 2.24) is 9.55 Å². The summed E-state index contributed by atoms with van der Waals surface area (Å²) in [5.74, 6) is 1.75. The number of imidazole rings is 1. The second kappa shape index (κ2) is 8.33. The van der Waals surface area contributed by atoms with Gasteiger partial charge >= 0.3 is 0 Å². The molecule has 0 radical (unpaired) electrons. The number of hydrogen-bond donors (Lipinski definition) is 1. The molecular formula is C17H18Cl2IN3O2. The molecule has 8 heteroatoms. The second-order valence-corrected chi connectivity index (χ2v) is 6.82. The first kappa shape index (κ1) is 19.9.